The minimum Gasteiger partial charge on any atom is -0.480 e. The van der Waals surface area contributed by atoms with E-state index in [2.05, 4.69) is 0 Å². The van der Waals surface area contributed by atoms with E-state index in [-0.39, 0.29) is 11.4 Å². The van der Waals surface area contributed by atoms with Crippen LogP contribution in [0.4, 0.5) is 18.9 Å². The molecule has 1 aliphatic heterocycles. The number of thioether (sulfide) groups is 1. The fourth-order valence-corrected chi connectivity index (χ4v) is 2.60. The monoisotopic (exact) mass is 291 g/mol. The van der Waals surface area contributed by atoms with E-state index in [4.69, 9.17) is 5.11 Å². The smallest absolute Gasteiger partial charge is 0.416 e. The molecule has 0 radical (unpaired) electrons. The van der Waals surface area contributed by atoms with Crippen molar-refractivity contribution in [3.05, 3.63) is 23.8 Å². The lowest BCUT2D eigenvalue weighted by Crippen LogP contribution is -2.39. The molecule has 0 fully saturated rings. The number of alkyl halides is 3. The Morgan fingerprint density at radius 2 is 2.11 bits per heavy atom. The maximum absolute atomic E-state index is 12.6. The summed E-state index contributed by atoms with van der Waals surface area (Å²) in [5.41, 5.74) is -0.907. The molecule has 0 aromatic heterocycles. The number of amides is 1. The van der Waals surface area contributed by atoms with Gasteiger partial charge in [-0.05, 0) is 18.2 Å². The summed E-state index contributed by atoms with van der Waals surface area (Å²) in [5.74, 6) is -1.77. The molecule has 19 heavy (non-hydrogen) atoms. The molecule has 0 unspecified atom stereocenters. The lowest BCUT2D eigenvalue weighted by Gasteiger charge is -2.28. The molecule has 1 heterocycles. The van der Waals surface area contributed by atoms with Crippen LogP contribution < -0.4 is 4.90 Å². The number of hydrogen-bond acceptors (Lipinski definition) is 3. The molecule has 1 amide bonds. The van der Waals surface area contributed by atoms with Crippen molar-refractivity contribution in [3.8, 4) is 0 Å². The first kappa shape index (κ1) is 13.7. The number of benzene rings is 1. The van der Waals surface area contributed by atoms with Crippen molar-refractivity contribution >= 4 is 29.3 Å². The molecule has 2 rings (SSSR count). The number of carboxylic acids is 1. The van der Waals surface area contributed by atoms with E-state index in [0.717, 1.165) is 28.8 Å². The van der Waals surface area contributed by atoms with Crippen molar-refractivity contribution in [1.82, 2.24) is 0 Å². The van der Waals surface area contributed by atoms with Crippen molar-refractivity contribution in [1.29, 1.82) is 0 Å². The molecular weight excluding hydrogens is 283 g/mol. The van der Waals surface area contributed by atoms with E-state index in [0.29, 0.717) is 4.90 Å². The van der Waals surface area contributed by atoms with Crippen molar-refractivity contribution in [3.63, 3.8) is 0 Å². The van der Waals surface area contributed by atoms with E-state index in [1.807, 2.05) is 0 Å². The first-order valence-corrected chi connectivity index (χ1v) is 6.14. The zero-order valence-electron chi connectivity index (χ0n) is 9.40. The van der Waals surface area contributed by atoms with Gasteiger partial charge in [0.2, 0.25) is 5.91 Å². The van der Waals surface area contributed by atoms with Gasteiger partial charge in [-0.3, -0.25) is 14.5 Å². The minimum absolute atomic E-state index is 0.00141. The predicted octanol–water partition coefficient (Wildman–Crippen LogP) is 2.23. The summed E-state index contributed by atoms with van der Waals surface area (Å²) < 4.78 is 37.9. The van der Waals surface area contributed by atoms with Gasteiger partial charge in [-0.2, -0.15) is 13.2 Å². The Labute approximate surface area is 110 Å². The van der Waals surface area contributed by atoms with Gasteiger partial charge < -0.3 is 5.11 Å². The number of hydrogen-bond donors (Lipinski definition) is 1. The van der Waals surface area contributed by atoms with Crippen LogP contribution in [0.25, 0.3) is 0 Å². The molecule has 102 valence electrons. The maximum atomic E-state index is 12.6. The van der Waals surface area contributed by atoms with Crippen LogP contribution in [0.2, 0.25) is 0 Å². The maximum Gasteiger partial charge on any atom is 0.416 e. The molecule has 0 aliphatic carbocycles. The van der Waals surface area contributed by atoms with Crippen LogP contribution in [0.15, 0.2) is 23.1 Å². The third-order valence-electron chi connectivity index (χ3n) is 2.52. The Bertz CT molecular complexity index is 544. The van der Waals surface area contributed by atoms with Crippen LogP contribution in [0.3, 0.4) is 0 Å². The lowest BCUT2D eigenvalue weighted by molar-refractivity contribution is -0.137. The number of carbonyl (C=O) groups is 2. The molecule has 8 heteroatoms. The molecule has 1 aromatic carbocycles. The summed E-state index contributed by atoms with van der Waals surface area (Å²) in [6.45, 7) is -0.645. The predicted molar refractivity (Wildman–Crippen MR) is 62.2 cm³/mol. The highest BCUT2D eigenvalue weighted by Gasteiger charge is 2.34. The topological polar surface area (TPSA) is 57.6 Å². The zero-order valence-corrected chi connectivity index (χ0v) is 10.2. The Morgan fingerprint density at radius 1 is 1.42 bits per heavy atom. The normalized spacial score (nSPS) is 15.3. The second-order valence-corrected chi connectivity index (χ2v) is 4.86. The molecule has 1 N–H and O–H groups in total. The van der Waals surface area contributed by atoms with Gasteiger partial charge in [0.1, 0.15) is 6.54 Å². The number of aliphatic carboxylic acids is 1. The number of anilines is 1. The van der Waals surface area contributed by atoms with E-state index >= 15 is 0 Å². The highest BCUT2D eigenvalue weighted by molar-refractivity contribution is 8.00. The summed E-state index contributed by atoms with van der Waals surface area (Å²) in [7, 11) is 0. The summed E-state index contributed by atoms with van der Waals surface area (Å²) in [4.78, 5) is 23.6. The van der Waals surface area contributed by atoms with Crippen LogP contribution in [0.1, 0.15) is 5.56 Å². The molecular formula is C11H8F3NO3S. The van der Waals surface area contributed by atoms with E-state index in [9.17, 15) is 22.8 Å². The van der Waals surface area contributed by atoms with Gasteiger partial charge in [-0.15, -0.1) is 11.8 Å². The second-order valence-electron chi connectivity index (χ2n) is 3.84. The molecule has 4 nitrogen and oxygen atoms in total. The number of rotatable bonds is 2. The largest absolute Gasteiger partial charge is 0.480 e. The molecule has 0 saturated carbocycles. The molecule has 0 atom stereocenters. The summed E-state index contributed by atoms with van der Waals surface area (Å²) >= 11 is 1.10. The quantitative estimate of drug-likeness (QED) is 0.907. The Hall–Kier alpha value is -1.70. The van der Waals surface area contributed by atoms with Gasteiger partial charge in [0.25, 0.3) is 0 Å². The summed E-state index contributed by atoms with van der Waals surface area (Å²) in [5, 5.41) is 8.72. The number of halogens is 3. The van der Waals surface area contributed by atoms with Gasteiger partial charge in [0, 0.05) is 4.90 Å². The highest BCUT2D eigenvalue weighted by Crippen LogP contribution is 2.39. The Kier molecular flexibility index (Phi) is 3.44. The molecule has 1 aliphatic rings. The van der Waals surface area contributed by atoms with Crippen molar-refractivity contribution in [2.24, 2.45) is 0 Å². The van der Waals surface area contributed by atoms with Crippen LogP contribution in [0.5, 0.6) is 0 Å². The van der Waals surface area contributed by atoms with Gasteiger partial charge in [0.15, 0.2) is 0 Å². The van der Waals surface area contributed by atoms with E-state index < -0.39 is 30.2 Å². The van der Waals surface area contributed by atoms with Gasteiger partial charge in [0.05, 0.1) is 17.0 Å². The Balaban J connectivity index is 2.47. The average Bonchev–Trinajstić information content (AvgIpc) is 2.30. The number of carbonyl (C=O) groups excluding carboxylic acids is 1. The average molecular weight is 291 g/mol. The zero-order chi connectivity index (χ0) is 14.2. The number of fused-ring (bicyclic) bond motifs is 1. The van der Waals surface area contributed by atoms with Crippen LogP contribution in [-0.4, -0.2) is 29.3 Å². The third kappa shape index (κ3) is 2.83. The number of nitrogens with zero attached hydrogens (tertiary/aromatic N) is 1. The fraction of sp³-hybridized carbons (Fsp3) is 0.273. The molecule has 0 bridgehead atoms. The number of carboxylic acid groups (broad SMARTS) is 1. The summed E-state index contributed by atoms with van der Waals surface area (Å²) in [6.07, 6.45) is -4.53. The SMILES string of the molecule is O=C(O)CN1C(=O)CSc2ccc(C(F)(F)F)cc21. The van der Waals surface area contributed by atoms with Crippen LogP contribution in [0, 0.1) is 0 Å². The first-order chi connectivity index (χ1) is 8.79. The lowest BCUT2D eigenvalue weighted by atomic mass is 10.1. The van der Waals surface area contributed by atoms with Gasteiger partial charge in [-0.1, -0.05) is 0 Å². The standard InChI is InChI=1S/C11H8F3NO3S/c12-11(13,14)6-1-2-8-7(3-6)15(4-10(17)18)9(16)5-19-8/h1-3H,4-5H2,(H,17,18). The third-order valence-corrected chi connectivity index (χ3v) is 3.57. The van der Waals surface area contributed by atoms with Crippen molar-refractivity contribution in [2.45, 2.75) is 11.1 Å². The highest BCUT2D eigenvalue weighted by atomic mass is 32.2. The van der Waals surface area contributed by atoms with E-state index in [1.54, 1.807) is 0 Å². The van der Waals surface area contributed by atoms with Crippen molar-refractivity contribution in [2.75, 3.05) is 17.2 Å². The van der Waals surface area contributed by atoms with Crippen molar-refractivity contribution < 1.29 is 27.9 Å². The van der Waals surface area contributed by atoms with Crippen LogP contribution >= 0.6 is 11.8 Å². The first-order valence-electron chi connectivity index (χ1n) is 5.15. The minimum atomic E-state index is -4.53. The van der Waals surface area contributed by atoms with E-state index in [1.165, 1.54) is 6.07 Å². The fourth-order valence-electron chi connectivity index (χ4n) is 1.69. The van der Waals surface area contributed by atoms with Gasteiger partial charge >= 0.3 is 12.1 Å². The second kappa shape index (κ2) is 4.76. The summed E-state index contributed by atoms with van der Waals surface area (Å²) in [6, 6.07) is 2.98. The van der Waals surface area contributed by atoms with Gasteiger partial charge in [-0.25, -0.2) is 0 Å². The van der Waals surface area contributed by atoms with Crippen LogP contribution in [-0.2, 0) is 15.8 Å². The molecule has 1 aromatic rings. The molecule has 0 spiro atoms. The Morgan fingerprint density at radius 3 is 2.68 bits per heavy atom. The molecule has 0 saturated heterocycles.